The molecule has 0 aliphatic heterocycles. The Kier molecular flexibility index (Phi) is 3.01. The topological polar surface area (TPSA) is 17.8 Å². The van der Waals surface area contributed by atoms with Gasteiger partial charge in [-0.25, -0.2) is 0 Å². The Labute approximate surface area is 79.4 Å². The van der Waals surface area contributed by atoms with Gasteiger partial charge in [0.25, 0.3) is 0 Å². The summed E-state index contributed by atoms with van der Waals surface area (Å²) in [4.78, 5) is 0.562. The van der Waals surface area contributed by atoms with Crippen LogP contribution in [0.2, 0.25) is 19.6 Å². The zero-order valence-electron chi connectivity index (χ0n) is 8.11. The highest BCUT2D eigenvalue weighted by Gasteiger charge is 2.27. The van der Waals surface area contributed by atoms with Gasteiger partial charge < -0.3 is 0 Å². The van der Waals surface area contributed by atoms with Crippen LogP contribution in [0.5, 0.6) is 0 Å². The first kappa shape index (κ1) is 9.86. The lowest BCUT2D eigenvalue weighted by Crippen LogP contribution is -2.33. The third-order valence-corrected chi connectivity index (χ3v) is 6.97. The molecule has 2 nitrogen and oxygen atoms in total. The second-order valence-corrected chi connectivity index (χ2v) is 10.6. The van der Waals surface area contributed by atoms with Crippen LogP contribution in [-0.4, -0.2) is 24.1 Å². The largest absolute Gasteiger partial charge is 0.263 e. The lowest BCUT2D eigenvalue weighted by Gasteiger charge is -2.27. The fourth-order valence-corrected chi connectivity index (χ4v) is 5.39. The molecule has 1 atom stereocenters. The van der Waals surface area contributed by atoms with Crippen LogP contribution >= 0.6 is 11.8 Å². The molecule has 0 bridgehead atoms. The molecule has 1 aromatic rings. The zero-order chi connectivity index (χ0) is 9.19. The summed E-state index contributed by atoms with van der Waals surface area (Å²) in [7, 11) is -1.13. The molecule has 0 saturated heterocycles. The highest BCUT2D eigenvalue weighted by molar-refractivity contribution is 8.00. The predicted molar refractivity (Wildman–Crippen MR) is 58.1 cm³/mol. The summed E-state index contributed by atoms with van der Waals surface area (Å²) in [5.74, 6) is 0. The molecular weight excluding hydrogens is 184 g/mol. The second-order valence-electron chi connectivity index (χ2n) is 3.94. The van der Waals surface area contributed by atoms with Crippen LogP contribution in [-0.2, 0) is 0 Å². The van der Waals surface area contributed by atoms with Crippen molar-refractivity contribution in [3.05, 3.63) is 18.5 Å². The molecule has 0 N–H and O–H groups in total. The molecule has 12 heavy (non-hydrogen) atoms. The summed E-state index contributed by atoms with van der Waals surface area (Å²) in [6.07, 6.45) is 6.06. The molecule has 0 saturated carbocycles. The summed E-state index contributed by atoms with van der Waals surface area (Å²) in [6.45, 7) is 7.11. The fraction of sp³-hybridized carbons (Fsp3) is 0.625. The molecule has 68 valence electrons. The van der Waals surface area contributed by atoms with Gasteiger partial charge in [-0.1, -0.05) is 19.6 Å². The van der Waals surface area contributed by atoms with Gasteiger partial charge in [-0.3, -0.25) is 4.68 Å². The van der Waals surface area contributed by atoms with Crippen LogP contribution < -0.4 is 0 Å². The lowest BCUT2D eigenvalue weighted by molar-refractivity contribution is 0.711. The van der Waals surface area contributed by atoms with E-state index in [-0.39, 0.29) is 0 Å². The van der Waals surface area contributed by atoms with Crippen LogP contribution in [0.3, 0.4) is 0 Å². The summed E-state index contributed by atoms with van der Waals surface area (Å²) < 4.78 is 2.08. The molecule has 0 aliphatic rings. The Morgan fingerprint density at radius 2 is 2.08 bits per heavy atom. The van der Waals surface area contributed by atoms with E-state index in [2.05, 4.69) is 41.9 Å². The average Bonchev–Trinajstić information content (AvgIpc) is 2.38. The summed E-state index contributed by atoms with van der Waals surface area (Å²) >= 11 is 1.90. The highest BCUT2D eigenvalue weighted by atomic mass is 32.2. The molecular formula is C8H16N2SSi. The van der Waals surface area contributed by atoms with E-state index >= 15 is 0 Å². The van der Waals surface area contributed by atoms with Gasteiger partial charge in [0.05, 0.1) is 13.1 Å². The molecule has 1 rings (SSSR count). The SMILES string of the molecule is CSC(n1cccn1)[Si](C)(C)C. The number of thioether (sulfide) groups is 1. The average molecular weight is 200 g/mol. The minimum absolute atomic E-state index is 0.562. The molecule has 1 aromatic heterocycles. The van der Waals surface area contributed by atoms with Crippen molar-refractivity contribution in [1.82, 2.24) is 9.78 Å². The van der Waals surface area contributed by atoms with Crippen molar-refractivity contribution in [3.63, 3.8) is 0 Å². The molecule has 1 heterocycles. The van der Waals surface area contributed by atoms with Crippen LogP contribution in [0.4, 0.5) is 0 Å². The maximum atomic E-state index is 4.28. The van der Waals surface area contributed by atoms with Gasteiger partial charge in [0, 0.05) is 12.4 Å². The van der Waals surface area contributed by atoms with Crippen molar-refractivity contribution >= 4 is 19.8 Å². The lowest BCUT2D eigenvalue weighted by atomic mass is 10.8. The molecule has 0 aromatic carbocycles. The Hall–Kier alpha value is -0.223. The Bertz CT molecular complexity index is 228. The van der Waals surface area contributed by atoms with Crippen molar-refractivity contribution < 1.29 is 0 Å². The molecule has 4 heteroatoms. The van der Waals surface area contributed by atoms with E-state index in [0.717, 1.165) is 0 Å². The molecule has 0 fully saturated rings. The highest BCUT2D eigenvalue weighted by Crippen LogP contribution is 2.29. The Morgan fingerprint density at radius 3 is 2.42 bits per heavy atom. The third-order valence-electron chi connectivity index (χ3n) is 1.73. The van der Waals surface area contributed by atoms with Crippen LogP contribution in [0.1, 0.15) is 5.00 Å². The molecule has 0 amide bonds. The van der Waals surface area contributed by atoms with E-state index in [1.54, 1.807) is 0 Å². The monoisotopic (exact) mass is 200 g/mol. The first-order valence-corrected chi connectivity index (χ1v) is 8.94. The first-order valence-electron chi connectivity index (χ1n) is 4.07. The third kappa shape index (κ3) is 2.14. The van der Waals surface area contributed by atoms with Gasteiger partial charge in [-0.05, 0) is 12.3 Å². The number of aromatic nitrogens is 2. The van der Waals surface area contributed by atoms with Crippen molar-refractivity contribution in [3.8, 4) is 0 Å². The van der Waals surface area contributed by atoms with Gasteiger partial charge in [0.1, 0.15) is 0 Å². The predicted octanol–water partition coefficient (Wildman–Crippen LogP) is 2.62. The number of hydrogen-bond donors (Lipinski definition) is 0. The van der Waals surface area contributed by atoms with E-state index in [1.807, 2.05) is 24.0 Å². The van der Waals surface area contributed by atoms with E-state index in [4.69, 9.17) is 0 Å². The Balaban J connectivity index is 2.84. The molecule has 0 spiro atoms. The number of hydrogen-bond acceptors (Lipinski definition) is 2. The maximum Gasteiger partial charge on any atom is 0.0860 e. The smallest absolute Gasteiger partial charge is 0.0860 e. The summed E-state index contributed by atoms with van der Waals surface area (Å²) in [5, 5.41) is 4.28. The quantitative estimate of drug-likeness (QED) is 0.698. The van der Waals surface area contributed by atoms with Crippen LogP contribution in [0.15, 0.2) is 18.5 Å². The van der Waals surface area contributed by atoms with Crippen LogP contribution in [0.25, 0.3) is 0 Å². The number of rotatable bonds is 3. The van der Waals surface area contributed by atoms with E-state index in [1.165, 1.54) is 0 Å². The van der Waals surface area contributed by atoms with Crippen molar-refractivity contribution in [2.75, 3.05) is 6.26 Å². The van der Waals surface area contributed by atoms with Gasteiger partial charge in [0.15, 0.2) is 0 Å². The molecule has 0 aliphatic carbocycles. The number of nitrogens with zero attached hydrogens (tertiary/aromatic N) is 2. The summed E-state index contributed by atoms with van der Waals surface area (Å²) in [6, 6.07) is 1.99. The van der Waals surface area contributed by atoms with Crippen molar-refractivity contribution in [2.24, 2.45) is 0 Å². The van der Waals surface area contributed by atoms with Gasteiger partial charge >= 0.3 is 0 Å². The Morgan fingerprint density at radius 1 is 1.42 bits per heavy atom. The molecule has 0 radical (unpaired) electrons. The minimum atomic E-state index is -1.13. The van der Waals surface area contributed by atoms with E-state index in [9.17, 15) is 0 Å². The maximum absolute atomic E-state index is 4.28. The normalized spacial score (nSPS) is 14.7. The standard InChI is InChI=1S/C8H16N2SSi/c1-11-8(12(2,3)4)10-7-5-6-9-10/h5-8H,1-4H3. The second kappa shape index (κ2) is 3.66. The first-order chi connectivity index (χ1) is 5.55. The van der Waals surface area contributed by atoms with Crippen molar-refractivity contribution in [2.45, 2.75) is 24.6 Å². The van der Waals surface area contributed by atoms with E-state index in [0.29, 0.717) is 5.00 Å². The fourth-order valence-electron chi connectivity index (χ4n) is 1.28. The van der Waals surface area contributed by atoms with Crippen LogP contribution in [0, 0.1) is 0 Å². The van der Waals surface area contributed by atoms with Gasteiger partial charge in [-0.15, -0.1) is 11.8 Å². The summed E-state index contributed by atoms with van der Waals surface area (Å²) in [5.41, 5.74) is 0. The van der Waals surface area contributed by atoms with E-state index < -0.39 is 8.07 Å². The minimum Gasteiger partial charge on any atom is -0.263 e. The molecule has 1 unspecified atom stereocenters. The van der Waals surface area contributed by atoms with Crippen molar-refractivity contribution in [1.29, 1.82) is 0 Å². The van der Waals surface area contributed by atoms with Gasteiger partial charge in [0.2, 0.25) is 0 Å². The van der Waals surface area contributed by atoms with Gasteiger partial charge in [-0.2, -0.15) is 5.10 Å². The zero-order valence-corrected chi connectivity index (χ0v) is 9.93.